The van der Waals surface area contributed by atoms with Gasteiger partial charge in [-0.3, -0.25) is 0 Å². The number of hydrogen-bond donors (Lipinski definition) is 1. The maximum atomic E-state index is 13.0. The van der Waals surface area contributed by atoms with Crippen molar-refractivity contribution in [1.82, 2.24) is 0 Å². The molecule has 0 bridgehead atoms. The second-order valence-electron chi connectivity index (χ2n) is 3.78. The number of halogens is 1. The molecule has 0 fully saturated rings. The predicted molar refractivity (Wildman–Crippen MR) is 66.2 cm³/mol. The lowest BCUT2D eigenvalue weighted by Gasteiger charge is -2.12. The molecule has 0 saturated carbocycles. The van der Waals surface area contributed by atoms with E-state index in [0.29, 0.717) is 12.5 Å². The highest BCUT2D eigenvalue weighted by atomic mass is 32.1. The first kappa shape index (κ1) is 11.3. The molecule has 1 unspecified atom stereocenters. The largest absolute Gasteiger partial charge is 0.330 e. The van der Waals surface area contributed by atoms with Crippen LogP contribution < -0.4 is 5.73 Å². The normalized spacial score (nSPS) is 12.6. The summed E-state index contributed by atoms with van der Waals surface area (Å²) in [7, 11) is 0. The van der Waals surface area contributed by atoms with Crippen LogP contribution in [0.25, 0.3) is 0 Å². The third-order valence-electron chi connectivity index (χ3n) is 2.60. The van der Waals surface area contributed by atoms with E-state index in [4.69, 9.17) is 5.73 Å². The summed E-state index contributed by atoms with van der Waals surface area (Å²) in [5.41, 5.74) is 6.77. The van der Waals surface area contributed by atoms with Crippen molar-refractivity contribution in [2.45, 2.75) is 12.3 Å². The zero-order chi connectivity index (χ0) is 11.4. The highest BCUT2D eigenvalue weighted by molar-refractivity contribution is 7.10. The molecule has 1 atom stereocenters. The number of thiophene rings is 1. The van der Waals surface area contributed by atoms with Crippen molar-refractivity contribution >= 4 is 11.3 Å². The minimum atomic E-state index is -0.181. The first-order valence-electron chi connectivity index (χ1n) is 5.27. The fourth-order valence-electron chi connectivity index (χ4n) is 1.77. The van der Waals surface area contributed by atoms with Crippen LogP contribution >= 0.6 is 11.3 Å². The highest BCUT2D eigenvalue weighted by Crippen LogP contribution is 2.24. The van der Waals surface area contributed by atoms with Crippen molar-refractivity contribution in [1.29, 1.82) is 0 Å². The minimum Gasteiger partial charge on any atom is -0.330 e. The van der Waals surface area contributed by atoms with Gasteiger partial charge in [-0.05, 0) is 35.6 Å². The van der Waals surface area contributed by atoms with E-state index >= 15 is 0 Å². The van der Waals surface area contributed by atoms with E-state index in [2.05, 4.69) is 6.07 Å². The van der Waals surface area contributed by atoms with Gasteiger partial charge in [0.25, 0.3) is 0 Å². The highest BCUT2D eigenvalue weighted by Gasteiger charge is 2.11. The standard InChI is InChI=1S/C13H14FNS/c14-12-4-1-3-10(8-12)7-11(9-15)13-5-2-6-16-13/h1-6,8,11H,7,9,15H2. The maximum absolute atomic E-state index is 13.0. The van der Waals surface area contributed by atoms with Crippen molar-refractivity contribution in [2.75, 3.05) is 6.54 Å². The zero-order valence-electron chi connectivity index (χ0n) is 8.90. The average Bonchev–Trinajstić information content (AvgIpc) is 2.79. The second-order valence-corrected chi connectivity index (χ2v) is 4.76. The van der Waals surface area contributed by atoms with Crippen LogP contribution in [0.2, 0.25) is 0 Å². The number of hydrogen-bond acceptors (Lipinski definition) is 2. The minimum absolute atomic E-state index is 0.181. The van der Waals surface area contributed by atoms with Crippen molar-refractivity contribution < 1.29 is 4.39 Å². The zero-order valence-corrected chi connectivity index (χ0v) is 9.71. The van der Waals surface area contributed by atoms with Gasteiger partial charge < -0.3 is 5.73 Å². The number of benzene rings is 1. The molecule has 2 aromatic rings. The molecule has 0 saturated heterocycles. The molecule has 0 aliphatic carbocycles. The van der Waals surface area contributed by atoms with Gasteiger partial charge in [-0.2, -0.15) is 0 Å². The topological polar surface area (TPSA) is 26.0 Å². The molecule has 3 heteroatoms. The Labute approximate surface area is 98.7 Å². The summed E-state index contributed by atoms with van der Waals surface area (Å²) in [6.45, 7) is 0.594. The van der Waals surface area contributed by atoms with Crippen LogP contribution in [0.15, 0.2) is 41.8 Å². The van der Waals surface area contributed by atoms with Crippen molar-refractivity contribution in [3.8, 4) is 0 Å². The molecule has 0 spiro atoms. The quantitative estimate of drug-likeness (QED) is 0.865. The molecule has 1 heterocycles. The lowest BCUT2D eigenvalue weighted by molar-refractivity contribution is 0.621. The van der Waals surface area contributed by atoms with E-state index in [1.54, 1.807) is 23.5 Å². The fourth-order valence-corrected chi connectivity index (χ4v) is 2.62. The Bertz CT molecular complexity index is 439. The van der Waals surface area contributed by atoms with Gasteiger partial charge in [0, 0.05) is 17.3 Å². The van der Waals surface area contributed by atoms with Gasteiger partial charge >= 0.3 is 0 Å². The molecule has 0 aliphatic heterocycles. The average molecular weight is 235 g/mol. The molecule has 84 valence electrons. The molecule has 2 N–H and O–H groups in total. The van der Waals surface area contributed by atoms with Gasteiger partial charge in [0.2, 0.25) is 0 Å². The molecule has 16 heavy (non-hydrogen) atoms. The monoisotopic (exact) mass is 235 g/mol. The summed E-state index contributed by atoms with van der Waals surface area (Å²) in [6, 6.07) is 10.8. The molecule has 0 amide bonds. The summed E-state index contributed by atoms with van der Waals surface area (Å²) < 4.78 is 13.0. The first-order chi connectivity index (χ1) is 7.79. The number of rotatable bonds is 4. The summed E-state index contributed by atoms with van der Waals surface area (Å²) >= 11 is 1.71. The summed E-state index contributed by atoms with van der Waals surface area (Å²) in [5.74, 6) is 0.112. The Balaban J connectivity index is 2.13. The lowest BCUT2D eigenvalue weighted by Crippen LogP contribution is -2.13. The van der Waals surface area contributed by atoms with E-state index in [1.807, 2.05) is 17.5 Å². The maximum Gasteiger partial charge on any atom is 0.123 e. The SMILES string of the molecule is NCC(Cc1cccc(F)c1)c1cccs1. The molecular formula is C13H14FNS. The van der Waals surface area contributed by atoms with Crippen LogP contribution in [0.4, 0.5) is 4.39 Å². The van der Waals surface area contributed by atoms with Gasteiger partial charge in [-0.15, -0.1) is 11.3 Å². The third kappa shape index (κ3) is 2.68. The van der Waals surface area contributed by atoms with Crippen LogP contribution in [-0.2, 0) is 6.42 Å². The van der Waals surface area contributed by atoms with Crippen molar-refractivity contribution in [3.05, 3.63) is 58.0 Å². The Morgan fingerprint density at radius 3 is 2.75 bits per heavy atom. The fraction of sp³-hybridized carbons (Fsp3) is 0.231. The van der Waals surface area contributed by atoms with Gasteiger partial charge in [0.05, 0.1) is 0 Å². The Kier molecular flexibility index (Phi) is 3.70. The van der Waals surface area contributed by atoms with Crippen LogP contribution in [0, 0.1) is 5.82 Å². The van der Waals surface area contributed by atoms with E-state index in [9.17, 15) is 4.39 Å². The molecule has 0 aliphatic rings. The van der Waals surface area contributed by atoms with Gasteiger partial charge in [0.1, 0.15) is 5.82 Å². The summed E-state index contributed by atoms with van der Waals surface area (Å²) in [5, 5.41) is 2.05. The van der Waals surface area contributed by atoms with E-state index in [0.717, 1.165) is 12.0 Å². The predicted octanol–water partition coefficient (Wildman–Crippen LogP) is 3.17. The number of nitrogens with two attached hydrogens (primary N) is 1. The molecule has 1 aromatic carbocycles. The Morgan fingerprint density at radius 1 is 1.25 bits per heavy atom. The Morgan fingerprint density at radius 2 is 2.12 bits per heavy atom. The van der Waals surface area contributed by atoms with Crippen LogP contribution in [0.5, 0.6) is 0 Å². The van der Waals surface area contributed by atoms with E-state index in [1.165, 1.54) is 10.9 Å². The van der Waals surface area contributed by atoms with E-state index < -0.39 is 0 Å². The molecule has 1 nitrogen and oxygen atoms in total. The van der Waals surface area contributed by atoms with Gasteiger partial charge in [0.15, 0.2) is 0 Å². The Hall–Kier alpha value is -1.19. The molecule has 2 rings (SSSR count). The van der Waals surface area contributed by atoms with Crippen LogP contribution in [-0.4, -0.2) is 6.54 Å². The van der Waals surface area contributed by atoms with Crippen molar-refractivity contribution in [2.24, 2.45) is 5.73 Å². The molecule has 0 radical (unpaired) electrons. The molecule has 1 aromatic heterocycles. The van der Waals surface area contributed by atoms with Gasteiger partial charge in [-0.25, -0.2) is 4.39 Å². The lowest BCUT2D eigenvalue weighted by atomic mass is 9.98. The third-order valence-corrected chi connectivity index (χ3v) is 3.64. The summed E-state index contributed by atoms with van der Waals surface area (Å²) in [6.07, 6.45) is 0.800. The molecular weight excluding hydrogens is 221 g/mol. The van der Waals surface area contributed by atoms with Crippen LogP contribution in [0.3, 0.4) is 0 Å². The first-order valence-corrected chi connectivity index (χ1v) is 6.15. The van der Waals surface area contributed by atoms with Crippen molar-refractivity contribution in [3.63, 3.8) is 0 Å². The van der Waals surface area contributed by atoms with E-state index in [-0.39, 0.29) is 5.82 Å². The summed E-state index contributed by atoms with van der Waals surface area (Å²) in [4.78, 5) is 1.27. The van der Waals surface area contributed by atoms with Gasteiger partial charge in [-0.1, -0.05) is 18.2 Å². The smallest absolute Gasteiger partial charge is 0.123 e. The van der Waals surface area contributed by atoms with Crippen LogP contribution in [0.1, 0.15) is 16.4 Å². The second kappa shape index (κ2) is 5.23.